The summed E-state index contributed by atoms with van der Waals surface area (Å²) in [5, 5.41) is 6.74. The number of nitrogens with zero attached hydrogens (tertiary/aromatic N) is 2. The van der Waals surface area contributed by atoms with Gasteiger partial charge in [0.1, 0.15) is 6.20 Å². The highest BCUT2D eigenvalue weighted by Crippen LogP contribution is 1.88. The predicted molar refractivity (Wildman–Crippen MR) is 29.4 cm³/mol. The van der Waals surface area contributed by atoms with Crippen molar-refractivity contribution in [3.8, 4) is 0 Å². The lowest BCUT2D eigenvalue weighted by molar-refractivity contribution is 0.0999. The van der Waals surface area contributed by atoms with E-state index in [2.05, 4.69) is 16.4 Å². The van der Waals surface area contributed by atoms with Gasteiger partial charge in [0.05, 0.1) is 11.8 Å². The van der Waals surface area contributed by atoms with Crippen LogP contribution in [0.4, 0.5) is 0 Å². The SMILES string of the molecule is NC(=O)c1[c]nncc1. The number of amides is 1. The predicted octanol–water partition coefficient (Wildman–Crippen LogP) is -0.624. The van der Waals surface area contributed by atoms with Crippen molar-refractivity contribution in [2.45, 2.75) is 0 Å². The molecule has 0 aromatic carbocycles. The van der Waals surface area contributed by atoms with Crippen LogP contribution in [0.1, 0.15) is 10.4 Å². The maximum absolute atomic E-state index is 10.3. The minimum absolute atomic E-state index is 0.255. The number of carbonyl (C=O) groups is 1. The largest absolute Gasteiger partial charge is 0.366 e. The maximum atomic E-state index is 10.3. The quantitative estimate of drug-likeness (QED) is 0.539. The Morgan fingerprint density at radius 2 is 2.56 bits per heavy atom. The third-order valence-electron chi connectivity index (χ3n) is 0.802. The molecule has 1 heterocycles. The van der Waals surface area contributed by atoms with Gasteiger partial charge in [0.15, 0.2) is 0 Å². The Morgan fingerprint density at radius 1 is 1.78 bits per heavy atom. The van der Waals surface area contributed by atoms with Gasteiger partial charge in [-0.2, -0.15) is 5.10 Å². The highest BCUT2D eigenvalue weighted by atomic mass is 16.1. The molecule has 0 fully saturated rings. The van der Waals surface area contributed by atoms with Crippen LogP contribution < -0.4 is 5.73 Å². The van der Waals surface area contributed by atoms with E-state index in [1.165, 1.54) is 12.3 Å². The Balaban J connectivity index is 2.98. The van der Waals surface area contributed by atoms with Crippen LogP contribution in [0.2, 0.25) is 0 Å². The third-order valence-corrected chi connectivity index (χ3v) is 0.802. The minimum Gasteiger partial charge on any atom is -0.366 e. The van der Waals surface area contributed by atoms with Gasteiger partial charge in [0, 0.05) is 0 Å². The third kappa shape index (κ3) is 1.22. The summed E-state index contributed by atoms with van der Waals surface area (Å²) in [5.74, 6) is -0.537. The van der Waals surface area contributed by atoms with Crippen LogP contribution in [0.3, 0.4) is 0 Å². The van der Waals surface area contributed by atoms with Crippen molar-refractivity contribution >= 4 is 5.91 Å². The second-order valence-corrected chi connectivity index (χ2v) is 1.42. The van der Waals surface area contributed by atoms with Crippen molar-refractivity contribution < 1.29 is 4.79 Å². The first-order valence-corrected chi connectivity index (χ1v) is 2.30. The molecule has 45 valence electrons. The number of rotatable bonds is 1. The van der Waals surface area contributed by atoms with Gasteiger partial charge in [-0.1, -0.05) is 0 Å². The highest BCUT2D eigenvalue weighted by Gasteiger charge is 1.96. The van der Waals surface area contributed by atoms with E-state index in [-0.39, 0.29) is 5.56 Å². The number of carbonyl (C=O) groups excluding carboxylic acids is 1. The van der Waals surface area contributed by atoms with Gasteiger partial charge in [0.25, 0.3) is 5.91 Å². The van der Waals surface area contributed by atoms with E-state index >= 15 is 0 Å². The Hall–Kier alpha value is -1.45. The van der Waals surface area contributed by atoms with Crippen LogP contribution in [0, 0.1) is 6.20 Å². The number of hydrogen-bond acceptors (Lipinski definition) is 3. The first-order chi connectivity index (χ1) is 4.30. The molecule has 0 saturated carbocycles. The average molecular weight is 122 g/mol. The molecule has 0 saturated heterocycles. The summed E-state index contributed by atoms with van der Waals surface area (Å²) in [6.45, 7) is 0. The van der Waals surface area contributed by atoms with Crippen LogP contribution in [0.5, 0.6) is 0 Å². The molecule has 4 heteroatoms. The minimum atomic E-state index is -0.537. The highest BCUT2D eigenvalue weighted by molar-refractivity contribution is 5.91. The normalized spacial score (nSPS) is 8.89. The smallest absolute Gasteiger partial charge is 0.251 e. The van der Waals surface area contributed by atoms with Gasteiger partial charge < -0.3 is 5.73 Å². The Morgan fingerprint density at radius 3 is 2.89 bits per heavy atom. The number of primary amides is 1. The molecule has 0 aliphatic rings. The maximum Gasteiger partial charge on any atom is 0.251 e. The molecule has 1 amide bonds. The lowest BCUT2D eigenvalue weighted by Gasteiger charge is -1.86. The van der Waals surface area contributed by atoms with E-state index in [9.17, 15) is 4.79 Å². The Bertz CT molecular complexity index is 209. The molecule has 1 aromatic heterocycles. The fourth-order valence-electron chi connectivity index (χ4n) is 0.398. The van der Waals surface area contributed by atoms with Gasteiger partial charge in [-0.05, 0) is 6.07 Å². The monoisotopic (exact) mass is 122 g/mol. The summed E-state index contributed by atoms with van der Waals surface area (Å²) in [6, 6.07) is 1.45. The topological polar surface area (TPSA) is 68.9 Å². The fraction of sp³-hybridized carbons (Fsp3) is 0. The molecule has 4 nitrogen and oxygen atoms in total. The number of hydrogen-bond donors (Lipinski definition) is 1. The van der Waals surface area contributed by atoms with Gasteiger partial charge in [-0.3, -0.25) is 4.79 Å². The molecule has 9 heavy (non-hydrogen) atoms. The first-order valence-electron chi connectivity index (χ1n) is 2.30. The van der Waals surface area contributed by atoms with E-state index in [0.29, 0.717) is 0 Å². The van der Waals surface area contributed by atoms with Crippen LogP contribution in [0.15, 0.2) is 12.3 Å². The lowest BCUT2D eigenvalue weighted by atomic mass is 10.3. The van der Waals surface area contributed by atoms with Crippen LogP contribution in [-0.2, 0) is 0 Å². The second-order valence-electron chi connectivity index (χ2n) is 1.42. The molecule has 2 N–H and O–H groups in total. The lowest BCUT2D eigenvalue weighted by Crippen LogP contribution is -2.11. The number of nitrogens with two attached hydrogens (primary N) is 1. The average Bonchev–Trinajstić information content (AvgIpc) is 1.90. The van der Waals surface area contributed by atoms with Crippen molar-refractivity contribution in [2.24, 2.45) is 5.73 Å². The van der Waals surface area contributed by atoms with Gasteiger partial charge in [-0.15, -0.1) is 5.10 Å². The van der Waals surface area contributed by atoms with Gasteiger partial charge in [0.2, 0.25) is 0 Å². The Kier molecular flexibility index (Phi) is 1.40. The van der Waals surface area contributed by atoms with Crippen molar-refractivity contribution in [2.75, 3.05) is 0 Å². The molecule has 0 aliphatic carbocycles. The molecular weight excluding hydrogens is 118 g/mol. The second kappa shape index (κ2) is 2.21. The van der Waals surface area contributed by atoms with E-state index in [0.717, 1.165) is 0 Å². The van der Waals surface area contributed by atoms with Crippen molar-refractivity contribution in [1.82, 2.24) is 10.2 Å². The van der Waals surface area contributed by atoms with Crippen molar-refractivity contribution in [3.05, 3.63) is 24.0 Å². The van der Waals surface area contributed by atoms with E-state index in [4.69, 9.17) is 5.73 Å². The van der Waals surface area contributed by atoms with Gasteiger partial charge >= 0.3 is 0 Å². The van der Waals surface area contributed by atoms with Crippen molar-refractivity contribution in [1.29, 1.82) is 0 Å². The zero-order valence-corrected chi connectivity index (χ0v) is 4.53. The molecular formula is C5H4N3O. The molecule has 0 spiro atoms. The molecule has 0 atom stereocenters. The Labute approximate surface area is 51.7 Å². The van der Waals surface area contributed by atoms with Gasteiger partial charge in [-0.25, -0.2) is 0 Å². The summed E-state index contributed by atoms with van der Waals surface area (Å²) in [7, 11) is 0. The molecule has 0 aliphatic heterocycles. The van der Waals surface area contributed by atoms with Crippen LogP contribution >= 0.6 is 0 Å². The number of aromatic nitrogens is 2. The zero-order chi connectivity index (χ0) is 6.69. The summed E-state index contributed by atoms with van der Waals surface area (Å²) in [5.41, 5.74) is 5.13. The molecule has 1 radical (unpaired) electrons. The van der Waals surface area contributed by atoms with Crippen molar-refractivity contribution in [3.63, 3.8) is 0 Å². The molecule has 1 rings (SSSR count). The zero-order valence-electron chi connectivity index (χ0n) is 4.53. The fourth-order valence-corrected chi connectivity index (χ4v) is 0.398. The molecule has 0 unspecified atom stereocenters. The summed E-state index contributed by atoms with van der Waals surface area (Å²) < 4.78 is 0. The summed E-state index contributed by atoms with van der Waals surface area (Å²) in [6.07, 6.45) is 3.72. The van der Waals surface area contributed by atoms with E-state index in [1.54, 1.807) is 0 Å². The molecule has 1 aromatic rings. The van der Waals surface area contributed by atoms with E-state index in [1.807, 2.05) is 0 Å². The van der Waals surface area contributed by atoms with Crippen LogP contribution in [0.25, 0.3) is 0 Å². The molecule has 0 bridgehead atoms. The standard InChI is InChI=1S/C5H4N3O/c6-5(9)4-1-2-7-8-3-4/h1-2H,(H2,6,9). The first kappa shape index (κ1) is 5.68. The van der Waals surface area contributed by atoms with E-state index < -0.39 is 5.91 Å². The summed E-state index contributed by atoms with van der Waals surface area (Å²) >= 11 is 0. The van der Waals surface area contributed by atoms with Crippen LogP contribution in [-0.4, -0.2) is 16.1 Å². The summed E-state index contributed by atoms with van der Waals surface area (Å²) in [4.78, 5) is 10.3.